The predicted octanol–water partition coefficient (Wildman–Crippen LogP) is 0.938. The van der Waals surface area contributed by atoms with E-state index in [1.54, 1.807) is 11.0 Å². The van der Waals surface area contributed by atoms with Crippen molar-refractivity contribution in [2.24, 2.45) is 5.92 Å². The number of carbonyl (C=O) groups is 2. The zero-order chi connectivity index (χ0) is 13.8. The molecule has 2 heterocycles. The van der Waals surface area contributed by atoms with Crippen LogP contribution in [0.5, 0.6) is 0 Å². The van der Waals surface area contributed by atoms with E-state index in [2.05, 4.69) is 10.5 Å². The lowest BCUT2D eigenvalue weighted by Gasteiger charge is -2.24. The van der Waals surface area contributed by atoms with Crippen LogP contribution in [0.1, 0.15) is 32.4 Å². The number of nitrogens with zero attached hydrogens (tertiary/aromatic N) is 2. The second-order valence-corrected chi connectivity index (χ2v) is 5.25. The number of carbonyl (C=O) groups excluding carboxylic acids is 2. The molecule has 1 aliphatic rings. The van der Waals surface area contributed by atoms with Gasteiger partial charge in [0.05, 0.1) is 6.54 Å². The fourth-order valence-electron chi connectivity index (χ4n) is 2.20. The van der Waals surface area contributed by atoms with E-state index < -0.39 is 6.04 Å². The molecule has 1 aliphatic heterocycles. The second kappa shape index (κ2) is 5.86. The van der Waals surface area contributed by atoms with Crippen LogP contribution in [0.25, 0.3) is 0 Å². The highest BCUT2D eigenvalue weighted by Gasteiger charge is 2.30. The first kappa shape index (κ1) is 13.6. The monoisotopic (exact) mass is 265 g/mol. The van der Waals surface area contributed by atoms with Crippen LogP contribution in [-0.4, -0.2) is 34.5 Å². The van der Waals surface area contributed by atoms with Gasteiger partial charge in [0.1, 0.15) is 18.0 Å². The Morgan fingerprint density at radius 3 is 2.95 bits per heavy atom. The highest BCUT2D eigenvalue weighted by molar-refractivity contribution is 5.89. The molecule has 2 amide bonds. The third kappa shape index (κ3) is 3.56. The maximum absolute atomic E-state index is 12.4. The molecule has 0 bridgehead atoms. The molecule has 0 saturated carbocycles. The first-order valence-electron chi connectivity index (χ1n) is 6.53. The van der Waals surface area contributed by atoms with E-state index in [9.17, 15) is 9.59 Å². The van der Waals surface area contributed by atoms with Gasteiger partial charge in [-0.15, -0.1) is 0 Å². The van der Waals surface area contributed by atoms with Crippen molar-refractivity contribution < 1.29 is 14.1 Å². The van der Waals surface area contributed by atoms with Crippen molar-refractivity contribution in [3.63, 3.8) is 0 Å². The minimum Gasteiger partial charge on any atom is -0.364 e. The predicted molar refractivity (Wildman–Crippen MR) is 67.9 cm³/mol. The summed E-state index contributed by atoms with van der Waals surface area (Å²) in [4.78, 5) is 25.7. The molecule has 1 N–H and O–H groups in total. The van der Waals surface area contributed by atoms with Crippen molar-refractivity contribution in [1.82, 2.24) is 15.4 Å². The third-order valence-corrected chi connectivity index (χ3v) is 3.10. The summed E-state index contributed by atoms with van der Waals surface area (Å²) in [6.45, 7) is 4.88. The first-order chi connectivity index (χ1) is 9.06. The van der Waals surface area contributed by atoms with Crippen LogP contribution < -0.4 is 5.32 Å². The molecule has 0 radical (unpaired) electrons. The Bertz CT molecular complexity index is 442. The van der Waals surface area contributed by atoms with Crippen LogP contribution >= 0.6 is 0 Å². The molecule has 1 aromatic heterocycles. The van der Waals surface area contributed by atoms with Gasteiger partial charge < -0.3 is 14.7 Å². The van der Waals surface area contributed by atoms with Gasteiger partial charge in [-0.05, 0) is 12.3 Å². The van der Waals surface area contributed by atoms with Gasteiger partial charge in [0.15, 0.2) is 0 Å². The lowest BCUT2D eigenvalue weighted by atomic mass is 10.0. The smallest absolute Gasteiger partial charge is 0.245 e. The molecule has 1 aromatic rings. The van der Waals surface area contributed by atoms with Crippen LogP contribution in [0, 0.1) is 5.92 Å². The molecule has 104 valence electrons. The number of rotatable bonds is 4. The Kier molecular flexibility index (Phi) is 4.19. The van der Waals surface area contributed by atoms with E-state index in [-0.39, 0.29) is 11.8 Å². The van der Waals surface area contributed by atoms with E-state index >= 15 is 0 Å². The van der Waals surface area contributed by atoms with Crippen molar-refractivity contribution >= 4 is 11.8 Å². The van der Waals surface area contributed by atoms with E-state index in [0.717, 1.165) is 0 Å². The Morgan fingerprint density at radius 2 is 2.32 bits per heavy atom. The number of amides is 2. The number of nitrogens with one attached hydrogen (secondary N) is 1. The Labute approximate surface area is 112 Å². The first-order valence-corrected chi connectivity index (χ1v) is 6.53. The maximum atomic E-state index is 12.4. The number of hydrogen-bond donors (Lipinski definition) is 1. The van der Waals surface area contributed by atoms with Gasteiger partial charge in [-0.1, -0.05) is 19.0 Å². The standard InChI is InChI=1S/C13H19N3O3/c1-9(2)7-11-13(18)16(5-3-12(17)14-11)8-10-4-6-19-15-10/h4,6,9,11H,3,5,7-8H2,1-2H3,(H,14,17). The third-order valence-electron chi connectivity index (χ3n) is 3.10. The SMILES string of the molecule is CC(C)CC1NC(=O)CCN(Cc2ccon2)C1=O. The van der Waals surface area contributed by atoms with Gasteiger partial charge in [-0.2, -0.15) is 0 Å². The van der Waals surface area contributed by atoms with Crippen LogP contribution in [-0.2, 0) is 16.1 Å². The summed E-state index contributed by atoms with van der Waals surface area (Å²) in [5.74, 6) is 0.241. The molecule has 6 nitrogen and oxygen atoms in total. The van der Waals surface area contributed by atoms with Crippen molar-refractivity contribution in [2.45, 2.75) is 39.3 Å². The lowest BCUT2D eigenvalue weighted by molar-refractivity contribution is -0.134. The van der Waals surface area contributed by atoms with Crippen molar-refractivity contribution in [3.05, 3.63) is 18.0 Å². The van der Waals surface area contributed by atoms with Crippen LogP contribution in [0.3, 0.4) is 0 Å². The van der Waals surface area contributed by atoms with Gasteiger partial charge in [-0.3, -0.25) is 9.59 Å². The van der Waals surface area contributed by atoms with Gasteiger partial charge in [0.25, 0.3) is 0 Å². The molecule has 1 unspecified atom stereocenters. The van der Waals surface area contributed by atoms with Gasteiger partial charge in [0.2, 0.25) is 11.8 Å². The topological polar surface area (TPSA) is 75.4 Å². The summed E-state index contributed by atoms with van der Waals surface area (Å²) >= 11 is 0. The van der Waals surface area contributed by atoms with Crippen LogP contribution in [0.2, 0.25) is 0 Å². The maximum Gasteiger partial charge on any atom is 0.245 e. The molecule has 0 spiro atoms. The fourth-order valence-corrected chi connectivity index (χ4v) is 2.20. The van der Waals surface area contributed by atoms with Crippen molar-refractivity contribution in [3.8, 4) is 0 Å². The quantitative estimate of drug-likeness (QED) is 0.879. The molecular formula is C13H19N3O3. The highest BCUT2D eigenvalue weighted by atomic mass is 16.5. The molecule has 6 heteroatoms. The zero-order valence-electron chi connectivity index (χ0n) is 11.3. The summed E-state index contributed by atoms with van der Waals surface area (Å²) in [6.07, 6.45) is 2.46. The Balaban J connectivity index is 2.09. The molecule has 1 fully saturated rings. The van der Waals surface area contributed by atoms with Crippen molar-refractivity contribution in [2.75, 3.05) is 6.54 Å². The minimum atomic E-state index is -0.429. The normalized spacial score (nSPS) is 20.6. The molecule has 0 aliphatic carbocycles. The van der Waals surface area contributed by atoms with E-state index in [4.69, 9.17) is 4.52 Å². The molecular weight excluding hydrogens is 246 g/mol. The molecule has 0 aromatic carbocycles. The zero-order valence-corrected chi connectivity index (χ0v) is 11.3. The molecule has 19 heavy (non-hydrogen) atoms. The average molecular weight is 265 g/mol. The summed E-state index contributed by atoms with van der Waals surface area (Å²) in [6, 6.07) is 1.30. The highest BCUT2D eigenvalue weighted by Crippen LogP contribution is 2.14. The summed E-state index contributed by atoms with van der Waals surface area (Å²) in [5.41, 5.74) is 0.700. The van der Waals surface area contributed by atoms with Gasteiger partial charge in [0, 0.05) is 19.0 Å². The van der Waals surface area contributed by atoms with E-state index in [1.807, 2.05) is 13.8 Å². The molecule has 1 atom stereocenters. The van der Waals surface area contributed by atoms with Crippen LogP contribution in [0.15, 0.2) is 16.9 Å². The Hall–Kier alpha value is -1.85. The summed E-state index contributed by atoms with van der Waals surface area (Å²) in [5, 5.41) is 6.60. The Morgan fingerprint density at radius 1 is 1.53 bits per heavy atom. The summed E-state index contributed by atoms with van der Waals surface area (Å²) < 4.78 is 4.76. The van der Waals surface area contributed by atoms with Crippen LogP contribution in [0.4, 0.5) is 0 Å². The van der Waals surface area contributed by atoms with Gasteiger partial charge >= 0.3 is 0 Å². The molecule has 2 rings (SSSR count). The van der Waals surface area contributed by atoms with E-state index in [0.29, 0.717) is 37.5 Å². The number of aromatic nitrogens is 1. The number of hydrogen-bond acceptors (Lipinski definition) is 4. The average Bonchev–Trinajstić information content (AvgIpc) is 2.80. The minimum absolute atomic E-state index is 0.0393. The summed E-state index contributed by atoms with van der Waals surface area (Å²) in [7, 11) is 0. The van der Waals surface area contributed by atoms with E-state index in [1.165, 1.54) is 6.26 Å². The lowest BCUT2D eigenvalue weighted by Crippen LogP contribution is -2.45. The molecule has 1 saturated heterocycles. The second-order valence-electron chi connectivity index (χ2n) is 5.25. The van der Waals surface area contributed by atoms with Crippen molar-refractivity contribution in [1.29, 1.82) is 0 Å². The fraction of sp³-hybridized carbons (Fsp3) is 0.615. The van der Waals surface area contributed by atoms with Gasteiger partial charge in [-0.25, -0.2) is 0 Å². The largest absolute Gasteiger partial charge is 0.364 e.